The number of nitrogens with zero attached hydrogens (tertiary/aromatic N) is 2. The second kappa shape index (κ2) is 12.6. The summed E-state index contributed by atoms with van der Waals surface area (Å²) in [7, 11) is -3.00. The van der Waals surface area contributed by atoms with Crippen LogP contribution in [0.5, 0.6) is 11.8 Å². The third-order valence-corrected chi connectivity index (χ3v) is 8.24. The molecule has 11 nitrogen and oxygen atoms in total. The Morgan fingerprint density at radius 2 is 1.56 bits per heavy atom. The van der Waals surface area contributed by atoms with Crippen LogP contribution in [0.2, 0.25) is 0 Å². The van der Waals surface area contributed by atoms with E-state index in [0.717, 1.165) is 42.6 Å². The van der Waals surface area contributed by atoms with Gasteiger partial charge in [-0.05, 0) is 44.7 Å². The molecular formula is C27H37N2O9S+. The van der Waals surface area contributed by atoms with Gasteiger partial charge in [-0.25, -0.2) is 4.79 Å². The Morgan fingerprint density at radius 1 is 0.949 bits per heavy atom. The Hall–Kier alpha value is -3.38. The quantitative estimate of drug-likeness (QED) is 0.134. The molecule has 0 radical (unpaired) electrons. The zero-order chi connectivity index (χ0) is 28.8. The first-order valence-electron chi connectivity index (χ1n) is 13.0. The number of carbonyl (C=O) groups is 2. The van der Waals surface area contributed by atoms with Gasteiger partial charge in [-0.15, -0.1) is 4.73 Å². The van der Waals surface area contributed by atoms with Crippen molar-refractivity contribution in [3.05, 3.63) is 35.9 Å². The number of aromatic nitrogens is 1. The van der Waals surface area contributed by atoms with E-state index in [1.54, 1.807) is 12.1 Å². The lowest BCUT2D eigenvalue weighted by Gasteiger charge is -2.22. The fourth-order valence-electron chi connectivity index (χ4n) is 5.02. The predicted molar refractivity (Wildman–Crippen MR) is 142 cm³/mol. The molecule has 0 spiro atoms. The standard InChI is InChI=1S/C27H36N2O9S/c1-19-27(2,16-8-4-6-10-25(32)37-3)21-18-20(39(34,35)36)12-13-22(21)28(19)17-9-5-7-11-26(33)38-29-23(30)14-15-24(29)31/h12-15,18H,4-11,16-17H2,1-3H3,(H2-,30,31,34,35,36)/p+1. The van der Waals surface area contributed by atoms with Crippen LogP contribution >= 0.6 is 0 Å². The number of carbonyl (C=O) groups excluding carboxylic acids is 2. The van der Waals surface area contributed by atoms with Gasteiger partial charge in [0, 0.05) is 49.9 Å². The van der Waals surface area contributed by atoms with Crippen molar-refractivity contribution < 1.29 is 46.9 Å². The molecule has 1 aromatic carbocycles. The summed E-state index contributed by atoms with van der Waals surface area (Å²) in [5.74, 6) is -1.57. The van der Waals surface area contributed by atoms with Gasteiger partial charge in [0.05, 0.1) is 17.4 Å². The van der Waals surface area contributed by atoms with E-state index in [0.29, 0.717) is 37.0 Å². The lowest BCUT2D eigenvalue weighted by atomic mass is 9.76. The van der Waals surface area contributed by atoms with Gasteiger partial charge in [0.15, 0.2) is 5.71 Å². The number of benzene rings is 1. The Bertz CT molecular complexity index is 1330. The van der Waals surface area contributed by atoms with Crippen LogP contribution in [0.3, 0.4) is 0 Å². The molecule has 0 saturated carbocycles. The molecule has 3 rings (SSSR count). The molecule has 1 aromatic heterocycles. The molecule has 0 aliphatic carbocycles. The minimum Gasteiger partial charge on any atom is -0.492 e. The molecule has 0 bridgehead atoms. The third kappa shape index (κ3) is 7.18. The molecule has 39 heavy (non-hydrogen) atoms. The molecule has 1 aliphatic rings. The van der Waals surface area contributed by atoms with Gasteiger partial charge in [0.25, 0.3) is 10.1 Å². The fraction of sp³-hybridized carbons (Fsp3) is 0.519. The Kier molecular flexibility index (Phi) is 9.78. The van der Waals surface area contributed by atoms with Crippen molar-refractivity contribution in [3.63, 3.8) is 0 Å². The zero-order valence-electron chi connectivity index (χ0n) is 22.6. The molecular weight excluding hydrogens is 528 g/mol. The molecule has 3 N–H and O–H groups in total. The fourth-order valence-corrected chi connectivity index (χ4v) is 5.52. The van der Waals surface area contributed by atoms with E-state index in [9.17, 15) is 32.8 Å². The number of fused-ring (bicyclic) bond motifs is 1. The highest BCUT2D eigenvalue weighted by Gasteiger charge is 2.46. The summed E-state index contributed by atoms with van der Waals surface area (Å²) >= 11 is 0. The highest BCUT2D eigenvalue weighted by molar-refractivity contribution is 7.85. The van der Waals surface area contributed by atoms with Gasteiger partial charge >= 0.3 is 11.9 Å². The van der Waals surface area contributed by atoms with E-state index < -0.39 is 21.5 Å². The van der Waals surface area contributed by atoms with E-state index in [2.05, 4.69) is 11.5 Å². The van der Waals surface area contributed by atoms with Crippen molar-refractivity contribution in [1.29, 1.82) is 0 Å². The smallest absolute Gasteiger partial charge is 0.333 e. The zero-order valence-corrected chi connectivity index (χ0v) is 23.4. The molecule has 0 fully saturated rings. The summed E-state index contributed by atoms with van der Waals surface area (Å²) < 4.78 is 40.9. The Labute approximate surface area is 228 Å². The summed E-state index contributed by atoms with van der Waals surface area (Å²) in [4.78, 5) is 28.3. The van der Waals surface area contributed by atoms with E-state index in [-0.39, 0.29) is 29.0 Å². The number of ether oxygens (including phenoxy) is 1. The molecule has 1 atom stereocenters. The van der Waals surface area contributed by atoms with Gasteiger partial charge in [-0.3, -0.25) is 9.35 Å². The van der Waals surface area contributed by atoms with Crippen molar-refractivity contribution in [3.8, 4) is 11.8 Å². The van der Waals surface area contributed by atoms with Crippen LogP contribution in [0.1, 0.15) is 77.2 Å². The Morgan fingerprint density at radius 3 is 2.18 bits per heavy atom. The molecule has 2 aromatic rings. The maximum Gasteiger partial charge on any atom is 0.333 e. The number of hydrogen-bond donors (Lipinski definition) is 3. The number of aromatic hydroxyl groups is 2. The van der Waals surface area contributed by atoms with Crippen molar-refractivity contribution in [2.75, 3.05) is 13.7 Å². The Balaban J connectivity index is 1.65. The van der Waals surface area contributed by atoms with Gasteiger partial charge in [-0.2, -0.15) is 13.0 Å². The molecule has 1 aliphatic heterocycles. The second-order valence-electron chi connectivity index (χ2n) is 9.98. The first-order chi connectivity index (χ1) is 18.4. The third-order valence-electron chi connectivity index (χ3n) is 7.39. The minimum atomic E-state index is -4.36. The molecule has 2 heterocycles. The van der Waals surface area contributed by atoms with Crippen LogP contribution in [0, 0.1) is 0 Å². The van der Waals surface area contributed by atoms with Crippen LogP contribution in [0.4, 0.5) is 5.69 Å². The maximum absolute atomic E-state index is 12.1. The van der Waals surface area contributed by atoms with Crippen LogP contribution in [0.15, 0.2) is 35.2 Å². The largest absolute Gasteiger partial charge is 0.492 e. The maximum atomic E-state index is 12.1. The number of esters is 1. The summed E-state index contributed by atoms with van der Waals surface area (Å²) in [5, 5.41) is 19.2. The normalized spacial score (nSPS) is 16.8. The number of unbranched alkanes of at least 4 members (excludes halogenated alkanes) is 4. The first kappa shape index (κ1) is 30.2. The van der Waals surface area contributed by atoms with E-state index in [4.69, 9.17) is 9.57 Å². The van der Waals surface area contributed by atoms with E-state index >= 15 is 0 Å². The van der Waals surface area contributed by atoms with Crippen LogP contribution < -0.4 is 4.84 Å². The van der Waals surface area contributed by atoms with E-state index in [1.165, 1.54) is 25.3 Å². The monoisotopic (exact) mass is 565 g/mol. The van der Waals surface area contributed by atoms with Crippen molar-refractivity contribution in [2.24, 2.45) is 0 Å². The van der Waals surface area contributed by atoms with Gasteiger partial charge in [0.2, 0.25) is 17.4 Å². The second-order valence-corrected chi connectivity index (χ2v) is 11.4. The van der Waals surface area contributed by atoms with Gasteiger partial charge in [0.1, 0.15) is 6.54 Å². The minimum absolute atomic E-state index is 0.108. The van der Waals surface area contributed by atoms with E-state index in [1.807, 2.05) is 6.92 Å². The highest BCUT2D eigenvalue weighted by atomic mass is 32.2. The number of rotatable bonds is 14. The summed E-state index contributed by atoms with van der Waals surface area (Å²) in [6.45, 7) is 4.74. The lowest BCUT2D eigenvalue weighted by molar-refractivity contribution is -0.439. The average molecular weight is 566 g/mol. The SMILES string of the molecule is COC(=O)CCCCCC1(C)C(C)=[N+](CCCCCC(=O)On2c(O)ccc2O)c2ccc(S(=O)(=O)O)cc21. The highest BCUT2D eigenvalue weighted by Crippen LogP contribution is 2.44. The molecule has 1 unspecified atom stereocenters. The van der Waals surface area contributed by atoms with Crippen molar-refractivity contribution >= 4 is 33.5 Å². The molecule has 214 valence electrons. The molecule has 0 amide bonds. The van der Waals surface area contributed by atoms with Crippen LogP contribution in [-0.2, 0) is 29.9 Å². The van der Waals surface area contributed by atoms with Gasteiger partial charge in [-0.1, -0.05) is 12.8 Å². The van der Waals surface area contributed by atoms with Crippen LogP contribution in [0.25, 0.3) is 0 Å². The first-order valence-corrected chi connectivity index (χ1v) is 14.4. The molecule has 12 heteroatoms. The summed E-state index contributed by atoms with van der Waals surface area (Å²) in [6, 6.07) is 7.09. The van der Waals surface area contributed by atoms with Crippen molar-refractivity contribution in [1.82, 2.24) is 4.73 Å². The van der Waals surface area contributed by atoms with Crippen LogP contribution in [-0.4, -0.2) is 63.8 Å². The summed E-state index contributed by atoms with van der Waals surface area (Å²) in [6.07, 6.45) is 5.55. The number of methoxy groups -OCH3 is 1. The van der Waals surface area contributed by atoms with Crippen molar-refractivity contribution in [2.45, 2.75) is 81.9 Å². The van der Waals surface area contributed by atoms with Gasteiger partial charge < -0.3 is 19.8 Å². The summed E-state index contributed by atoms with van der Waals surface area (Å²) in [5.41, 5.74) is 2.33. The predicted octanol–water partition coefficient (Wildman–Crippen LogP) is 3.86. The topological polar surface area (TPSA) is 155 Å². The lowest BCUT2D eigenvalue weighted by Crippen LogP contribution is -2.30. The molecule has 0 saturated heterocycles. The number of hydrogen-bond acceptors (Lipinski definition) is 8. The average Bonchev–Trinajstić information content (AvgIpc) is 3.31.